The van der Waals surface area contributed by atoms with E-state index in [0.29, 0.717) is 6.42 Å². The topological polar surface area (TPSA) is 34.0 Å². The number of hydrogen-bond donors (Lipinski definition) is 1. The molecule has 1 amide bonds. The number of benzene rings is 3. The zero-order valence-electron chi connectivity index (χ0n) is 16.0. The van der Waals surface area contributed by atoms with Crippen molar-refractivity contribution in [2.45, 2.75) is 33.7 Å². The SMILES string of the molecule is CCn1c2ccccc2c2cc(NC(=O)Cc3ccc(C)c(C)c3)ccc21. The number of nitrogens with one attached hydrogen (secondary N) is 1. The van der Waals surface area contributed by atoms with Gasteiger partial charge in [0, 0.05) is 34.0 Å². The molecular weight excluding hydrogens is 332 g/mol. The summed E-state index contributed by atoms with van der Waals surface area (Å²) >= 11 is 0. The summed E-state index contributed by atoms with van der Waals surface area (Å²) in [6.45, 7) is 7.24. The first-order valence-corrected chi connectivity index (χ1v) is 9.44. The highest BCUT2D eigenvalue weighted by molar-refractivity contribution is 6.09. The molecular formula is C24H24N2O. The Hall–Kier alpha value is -3.07. The zero-order valence-corrected chi connectivity index (χ0v) is 16.0. The predicted molar refractivity (Wildman–Crippen MR) is 113 cm³/mol. The van der Waals surface area contributed by atoms with Crippen molar-refractivity contribution in [3.63, 3.8) is 0 Å². The van der Waals surface area contributed by atoms with Crippen LogP contribution in [-0.2, 0) is 17.8 Å². The summed E-state index contributed by atoms with van der Waals surface area (Å²) in [4.78, 5) is 12.5. The molecule has 0 aliphatic heterocycles. The predicted octanol–water partition coefficient (Wildman–Crippen LogP) is 5.61. The number of carbonyl (C=O) groups is 1. The minimum Gasteiger partial charge on any atom is -0.341 e. The summed E-state index contributed by atoms with van der Waals surface area (Å²) in [5, 5.41) is 5.46. The second-order valence-electron chi connectivity index (χ2n) is 7.14. The lowest BCUT2D eigenvalue weighted by Crippen LogP contribution is -2.14. The molecule has 136 valence electrons. The van der Waals surface area contributed by atoms with E-state index in [9.17, 15) is 4.79 Å². The molecule has 0 spiro atoms. The number of para-hydroxylation sites is 1. The quantitative estimate of drug-likeness (QED) is 0.506. The molecule has 0 aliphatic carbocycles. The highest BCUT2D eigenvalue weighted by atomic mass is 16.1. The van der Waals surface area contributed by atoms with Crippen molar-refractivity contribution in [1.29, 1.82) is 0 Å². The van der Waals surface area contributed by atoms with Crippen LogP contribution >= 0.6 is 0 Å². The van der Waals surface area contributed by atoms with E-state index in [0.717, 1.165) is 17.8 Å². The van der Waals surface area contributed by atoms with Gasteiger partial charge in [0.1, 0.15) is 0 Å². The van der Waals surface area contributed by atoms with Crippen LogP contribution in [0.1, 0.15) is 23.6 Å². The van der Waals surface area contributed by atoms with E-state index < -0.39 is 0 Å². The van der Waals surface area contributed by atoms with Gasteiger partial charge in [-0.3, -0.25) is 4.79 Å². The Balaban J connectivity index is 1.63. The van der Waals surface area contributed by atoms with Crippen LogP contribution in [0.2, 0.25) is 0 Å². The third kappa shape index (κ3) is 3.21. The Morgan fingerprint density at radius 1 is 0.889 bits per heavy atom. The molecule has 0 saturated heterocycles. The van der Waals surface area contributed by atoms with Crippen LogP contribution in [-0.4, -0.2) is 10.5 Å². The van der Waals surface area contributed by atoms with Crippen LogP contribution in [0.15, 0.2) is 60.7 Å². The van der Waals surface area contributed by atoms with Gasteiger partial charge < -0.3 is 9.88 Å². The van der Waals surface area contributed by atoms with Crippen LogP contribution in [0.4, 0.5) is 5.69 Å². The van der Waals surface area contributed by atoms with Gasteiger partial charge in [-0.25, -0.2) is 0 Å². The maximum atomic E-state index is 12.5. The molecule has 0 fully saturated rings. The lowest BCUT2D eigenvalue weighted by molar-refractivity contribution is -0.115. The summed E-state index contributed by atoms with van der Waals surface area (Å²) in [6, 6.07) is 20.8. The third-order valence-electron chi connectivity index (χ3n) is 5.31. The number of anilines is 1. The second kappa shape index (κ2) is 6.92. The summed E-state index contributed by atoms with van der Waals surface area (Å²) in [7, 11) is 0. The molecule has 1 aromatic heterocycles. The second-order valence-corrected chi connectivity index (χ2v) is 7.14. The smallest absolute Gasteiger partial charge is 0.228 e. The van der Waals surface area contributed by atoms with Gasteiger partial charge in [0.25, 0.3) is 0 Å². The number of nitrogens with zero attached hydrogens (tertiary/aromatic N) is 1. The van der Waals surface area contributed by atoms with E-state index in [1.54, 1.807) is 0 Å². The molecule has 0 unspecified atom stereocenters. The van der Waals surface area contributed by atoms with Gasteiger partial charge in [0.2, 0.25) is 5.91 Å². The molecule has 0 bridgehead atoms. The fraction of sp³-hybridized carbons (Fsp3) is 0.208. The Bertz CT molecular complexity index is 1150. The molecule has 4 rings (SSSR count). The first-order chi connectivity index (χ1) is 13.1. The molecule has 1 heterocycles. The minimum atomic E-state index is 0.0110. The van der Waals surface area contributed by atoms with Gasteiger partial charge in [-0.15, -0.1) is 0 Å². The zero-order chi connectivity index (χ0) is 19.0. The Morgan fingerprint density at radius 2 is 1.67 bits per heavy atom. The van der Waals surface area contributed by atoms with Gasteiger partial charge in [0.05, 0.1) is 6.42 Å². The van der Waals surface area contributed by atoms with Crippen molar-refractivity contribution < 1.29 is 4.79 Å². The van der Waals surface area contributed by atoms with Crippen molar-refractivity contribution >= 4 is 33.4 Å². The van der Waals surface area contributed by atoms with E-state index in [4.69, 9.17) is 0 Å². The fourth-order valence-corrected chi connectivity index (χ4v) is 3.78. The highest BCUT2D eigenvalue weighted by Gasteiger charge is 2.11. The Morgan fingerprint density at radius 3 is 2.44 bits per heavy atom. The number of amides is 1. The third-order valence-corrected chi connectivity index (χ3v) is 5.31. The Labute approximate surface area is 159 Å². The van der Waals surface area contributed by atoms with Crippen LogP contribution in [0.3, 0.4) is 0 Å². The van der Waals surface area contributed by atoms with Crippen LogP contribution in [0.25, 0.3) is 21.8 Å². The molecule has 4 aromatic rings. The van der Waals surface area contributed by atoms with E-state index in [1.807, 2.05) is 12.1 Å². The number of fused-ring (bicyclic) bond motifs is 3. The molecule has 3 nitrogen and oxygen atoms in total. The summed E-state index contributed by atoms with van der Waals surface area (Å²) in [5.41, 5.74) is 6.78. The molecule has 3 aromatic carbocycles. The van der Waals surface area contributed by atoms with E-state index >= 15 is 0 Å². The molecule has 0 aliphatic rings. The molecule has 0 radical (unpaired) electrons. The largest absolute Gasteiger partial charge is 0.341 e. The normalized spacial score (nSPS) is 11.2. The average Bonchev–Trinajstić information content (AvgIpc) is 2.98. The van der Waals surface area contributed by atoms with E-state index in [-0.39, 0.29) is 5.91 Å². The number of aryl methyl sites for hydroxylation is 3. The summed E-state index contributed by atoms with van der Waals surface area (Å²) in [6.07, 6.45) is 0.385. The minimum absolute atomic E-state index is 0.0110. The van der Waals surface area contributed by atoms with E-state index in [1.165, 1.54) is 32.9 Å². The lowest BCUT2D eigenvalue weighted by Gasteiger charge is -2.08. The standard InChI is InChI=1S/C24H24N2O/c1-4-26-22-8-6-5-7-20(22)21-15-19(11-12-23(21)26)25-24(27)14-18-10-9-16(2)17(3)13-18/h5-13,15H,4,14H2,1-3H3,(H,25,27). The number of carbonyl (C=O) groups excluding carboxylic acids is 1. The fourth-order valence-electron chi connectivity index (χ4n) is 3.78. The Kier molecular flexibility index (Phi) is 4.44. The van der Waals surface area contributed by atoms with Gasteiger partial charge in [-0.05, 0) is 61.7 Å². The first-order valence-electron chi connectivity index (χ1n) is 9.44. The average molecular weight is 356 g/mol. The first kappa shape index (κ1) is 17.3. The van der Waals surface area contributed by atoms with Crippen LogP contribution in [0.5, 0.6) is 0 Å². The summed E-state index contributed by atoms with van der Waals surface area (Å²) < 4.78 is 2.31. The van der Waals surface area contributed by atoms with Gasteiger partial charge >= 0.3 is 0 Å². The van der Waals surface area contributed by atoms with Gasteiger partial charge in [-0.2, -0.15) is 0 Å². The molecule has 3 heteroatoms. The highest BCUT2D eigenvalue weighted by Crippen LogP contribution is 2.31. The van der Waals surface area contributed by atoms with Crippen LogP contribution < -0.4 is 5.32 Å². The summed E-state index contributed by atoms with van der Waals surface area (Å²) in [5.74, 6) is 0.0110. The van der Waals surface area contributed by atoms with Crippen molar-refractivity contribution in [3.05, 3.63) is 77.4 Å². The monoisotopic (exact) mass is 356 g/mol. The van der Waals surface area contributed by atoms with Crippen molar-refractivity contribution in [3.8, 4) is 0 Å². The molecule has 1 N–H and O–H groups in total. The molecule has 0 atom stereocenters. The van der Waals surface area contributed by atoms with Crippen molar-refractivity contribution in [1.82, 2.24) is 4.57 Å². The van der Waals surface area contributed by atoms with Gasteiger partial charge in [0.15, 0.2) is 0 Å². The maximum absolute atomic E-state index is 12.5. The molecule has 27 heavy (non-hydrogen) atoms. The molecule has 0 saturated carbocycles. The van der Waals surface area contributed by atoms with Crippen molar-refractivity contribution in [2.75, 3.05) is 5.32 Å². The lowest BCUT2D eigenvalue weighted by atomic mass is 10.0. The number of aromatic nitrogens is 1. The van der Waals surface area contributed by atoms with Crippen LogP contribution in [0, 0.1) is 13.8 Å². The van der Waals surface area contributed by atoms with E-state index in [2.05, 4.69) is 79.2 Å². The maximum Gasteiger partial charge on any atom is 0.228 e. The number of hydrogen-bond acceptors (Lipinski definition) is 1. The van der Waals surface area contributed by atoms with Crippen molar-refractivity contribution in [2.24, 2.45) is 0 Å². The number of rotatable bonds is 4. The van der Waals surface area contributed by atoms with Gasteiger partial charge in [-0.1, -0.05) is 36.4 Å².